The molecule has 72 valence electrons. The van der Waals surface area contributed by atoms with Crippen molar-refractivity contribution in [3.63, 3.8) is 0 Å². The van der Waals surface area contributed by atoms with Crippen LogP contribution in [-0.4, -0.2) is 21.5 Å². The largest absolute Gasteiger partial charge is 0.330 e. The molecule has 4 nitrogen and oxygen atoms in total. The van der Waals surface area contributed by atoms with Crippen LogP contribution in [0, 0.1) is 5.92 Å². The van der Waals surface area contributed by atoms with Crippen LogP contribution in [0.1, 0.15) is 25.0 Å². The summed E-state index contributed by atoms with van der Waals surface area (Å²) in [6, 6.07) is 0. The summed E-state index contributed by atoms with van der Waals surface area (Å²) in [7, 11) is 0. The van der Waals surface area contributed by atoms with E-state index in [4.69, 9.17) is 5.73 Å². The lowest BCUT2D eigenvalue weighted by atomic mass is 10.3. The first-order valence-electron chi connectivity index (χ1n) is 4.97. The molecule has 1 fully saturated rings. The van der Waals surface area contributed by atoms with Crippen LogP contribution < -0.4 is 5.73 Å². The van der Waals surface area contributed by atoms with Gasteiger partial charge in [0.1, 0.15) is 0 Å². The molecule has 1 aliphatic carbocycles. The second-order valence-electron chi connectivity index (χ2n) is 3.74. The first-order valence-corrected chi connectivity index (χ1v) is 4.97. The molecule has 0 radical (unpaired) electrons. The molecule has 4 heteroatoms. The van der Waals surface area contributed by atoms with Crippen molar-refractivity contribution in [2.24, 2.45) is 11.7 Å². The molecule has 0 spiro atoms. The number of nitrogens with two attached hydrogens (primary N) is 1. The predicted molar refractivity (Wildman–Crippen MR) is 50.1 cm³/mol. The Bertz CT molecular complexity index is 264. The highest BCUT2D eigenvalue weighted by molar-refractivity contribution is 4.92. The number of hydrogen-bond acceptors (Lipinski definition) is 3. The average Bonchev–Trinajstić information content (AvgIpc) is 2.85. The Hall–Kier alpha value is -0.900. The van der Waals surface area contributed by atoms with Crippen molar-refractivity contribution in [3.05, 3.63) is 11.9 Å². The molecule has 0 aromatic carbocycles. The summed E-state index contributed by atoms with van der Waals surface area (Å²) in [6.45, 7) is 1.67. The summed E-state index contributed by atoms with van der Waals surface area (Å²) in [5.74, 6) is 0.960. The van der Waals surface area contributed by atoms with E-state index in [1.165, 1.54) is 19.3 Å². The third-order valence-corrected chi connectivity index (χ3v) is 2.45. The van der Waals surface area contributed by atoms with Gasteiger partial charge in [-0.25, -0.2) is 0 Å². The van der Waals surface area contributed by atoms with Gasteiger partial charge in [0.2, 0.25) is 0 Å². The first-order chi connectivity index (χ1) is 6.38. The molecule has 0 bridgehead atoms. The summed E-state index contributed by atoms with van der Waals surface area (Å²) >= 11 is 0. The van der Waals surface area contributed by atoms with Crippen LogP contribution in [-0.2, 0) is 13.0 Å². The molecule has 1 aromatic heterocycles. The van der Waals surface area contributed by atoms with E-state index in [2.05, 4.69) is 10.3 Å². The molecule has 0 aliphatic heterocycles. The van der Waals surface area contributed by atoms with Crippen LogP contribution in [0.25, 0.3) is 0 Å². The molecule has 13 heavy (non-hydrogen) atoms. The summed E-state index contributed by atoms with van der Waals surface area (Å²) in [5.41, 5.74) is 6.44. The molecule has 0 atom stereocenters. The predicted octanol–water partition coefficient (Wildman–Crippen LogP) is 0.579. The fraction of sp³-hybridized carbons (Fsp3) is 0.778. The van der Waals surface area contributed by atoms with Gasteiger partial charge in [0.25, 0.3) is 0 Å². The maximum Gasteiger partial charge on any atom is 0.0839 e. The minimum atomic E-state index is 0.654. The molecule has 1 aliphatic rings. The SMILES string of the molecule is NCCc1cn(CCC2CC2)nn1. The summed E-state index contributed by atoms with van der Waals surface area (Å²) < 4.78 is 1.93. The minimum absolute atomic E-state index is 0.654. The van der Waals surface area contributed by atoms with Gasteiger partial charge in [-0.05, 0) is 18.9 Å². The van der Waals surface area contributed by atoms with E-state index in [1.54, 1.807) is 0 Å². The zero-order chi connectivity index (χ0) is 9.10. The van der Waals surface area contributed by atoms with Crippen molar-refractivity contribution in [3.8, 4) is 0 Å². The standard InChI is InChI=1S/C9H16N4/c10-5-3-9-7-13(12-11-9)6-4-8-1-2-8/h7-8H,1-6,10H2. The van der Waals surface area contributed by atoms with Crippen molar-refractivity contribution < 1.29 is 0 Å². The van der Waals surface area contributed by atoms with Crippen LogP contribution >= 0.6 is 0 Å². The Balaban J connectivity index is 1.81. The lowest BCUT2D eigenvalue weighted by Crippen LogP contribution is -2.02. The third kappa shape index (κ3) is 2.52. The van der Waals surface area contributed by atoms with Gasteiger partial charge in [-0.1, -0.05) is 18.1 Å². The molecule has 0 amide bonds. The second kappa shape index (κ2) is 3.87. The Morgan fingerprint density at radius 2 is 2.38 bits per heavy atom. The van der Waals surface area contributed by atoms with Gasteiger partial charge in [-0.3, -0.25) is 4.68 Å². The Kier molecular flexibility index (Phi) is 2.59. The van der Waals surface area contributed by atoms with Gasteiger partial charge in [-0.15, -0.1) is 5.10 Å². The van der Waals surface area contributed by atoms with Gasteiger partial charge in [0.05, 0.1) is 5.69 Å². The van der Waals surface area contributed by atoms with Crippen molar-refractivity contribution in [1.29, 1.82) is 0 Å². The zero-order valence-electron chi connectivity index (χ0n) is 7.82. The summed E-state index contributed by atoms with van der Waals surface area (Å²) in [5, 5.41) is 8.08. The maximum absolute atomic E-state index is 5.42. The molecule has 1 saturated carbocycles. The normalized spacial score (nSPS) is 16.4. The van der Waals surface area contributed by atoms with E-state index in [0.717, 1.165) is 24.6 Å². The van der Waals surface area contributed by atoms with E-state index in [-0.39, 0.29) is 0 Å². The second-order valence-corrected chi connectivity index (χ2v) is 3.74. The summed E-state index contributed by atoms with van der Waals surface area (Å²) in [6.07, 6.45) is 6.92. The van der Waals surface area contributed by atoms with Crippen LogP contribution in [0.3, 0.4) is 0 Å². The Morgan fingerprint density at radius 1 is 1.54 bits per heavy atom. The van der Waals surface area contributed by atoms with Gasteiger partial charge in [-0.2, -0.15) is 0 Å². The molecule has 2 N–H and O–H groups in total. The first kappa shape index (κ1) is 8.69. The zero-order valence-corrected chi connectivity index (χ0v) is 7.82. The smallest absolute Gasteiger partial charge is 0.0839 e. The monoisotopic (exact) mass is 180 g/mol. The lowest BCUT2D eigenvalue weighted by molar-refractivity contribution is 0.531. The fourth-order valence-electron chi connectivity index (χ4n) is 1.43. The van der Waals surface area contributed by atoms with Crippen LogP contribution in [0.5, 0.6) is 0 Å². The molecule has 1 heterocycles. The number of aryl methyl sites for hydroxylation is 1. The molecular weight excluding hydrogens is 164 g/mol. The van der Waals surface area contributed by atoms with Crippen LogP contribution in [0.4, 0.5) is 0 Å². The molecular formula is C9H16N4. The number of hydrogen-bond donors (Lipinski definition) is 1. The van der Waals surface area contributed by atoms with E-state index >= 15 is 0 Å². The highest BCUT2D eigenvalue weighted by Crippen LogP contribution is 2.32. The lowest BCUT2D eigenvalue weighted by Gasteiger charge is -1.96. The van der Waals surface area contributed by atoms with E-state index < -0.39 is 0 Å². The van der Waals surface area contributed by atoms with Gasteiger partial charge in [0, 0.05) is 19.2 Å². The van der Waals surface area contributed by atoms with E-state index in [9.17, 15) is 0 Å². The molecule has 0 saturated heterocycles. The van der Waals surface area contributed by atoms with Gasteiger partial charge < -0.3 is 5.73 Å². The minimum Gasteiger partial charge on any atom is -0.330 e. The van der Waals surface area contributed by atoms with E-state index in [0.29, 0.717) is 6.54 Å². The van der Waals surface area contributed by atoms with Gasteiger partial charge >= 0.3 is 0 Å². The molecule has 1 aromatic rings. The number of nitrogens with zero attached hydrogens (tertiary/aromatic N) is 3. The fourth-order valence-corrected chi connectivity index (χ4v) is 1.43. The molecule has 2 rings (SSSR count). The van der Waals surface area contributed by atoms with Crippen LogP contribution in [0.15, 0.2) is 6.20 Å². The summed E-state index contributed by atoms with van der Waals surface area (Å²) in [4.78, 5) is 0. The topological polar surface area (TPSA) is 56.7 Å². The number of aromatic nitrogens is 3. The molecule has 0 unspecified atom stereocenters. The maximum atomic E-state index is 5.42. The highest BCUT2D eigenvalue weighted by Gasteiger charge is 2.20. The van der Waals surface area contributed by atoms with Crippen molar-refractivity contribution >= 4 is 0 Å². The quantitative estimate of drug-likeness (QED) is 0.721. The Morgan fingerprint density at radius 3 is 3.08 bits per heavy atom. The number of rotatable bonds is 5. The van der Waals surface area contributed by atoms with Gasteiger partial charge in [0.15, 0.2) is 0 Å². The van der Waals surface area contributed by atoms with Crippen molar-refractivity contribution in [2.75, 3.05) is 6.54 Å². The van der Waals surface area contributed by atoms with Crippen molar-refractivity contribution in [1.82, 2.24) is 15.0 Å². The average molecular weight is 180 g/mol. The third-order valence-electron chi connectivity index (χ3n) is 2.45. The highest BCUT2D eigenvalue weighted by atomic mass is 15.4. The van der Waals surface area contributed by atoms with E-state index in [1.807, 2.05) is 10.9 Å². The van der Waals surface area contributed by atoms with Crippen molar-refractivity contribution in [2.45, 2.75) is 32.2 Å². The van der Waals surface area contributed by atoms with Crippen LogP contribution in [0.2, 0.25) is 0 Å². The Labute approximate surface area is 78.1 Å².